The summed E-state index contributed by atoms with van der Waals surface area (Å²) in [6.45, 7) is 1.81. The first-order valence-electron chi connectivity index (χ1n) is 7.43. The average molecular weight is 340 g/mol. The summed E-state index contributed by atoms with van der Waals surface area (Å²) in [5.74, 6) is -0.903. The molecule has 8 nitrogen and oxygen atoms in total. The molecule has 1 aromatic carbocycles. The predicted molar refractivity (Wildman–Crippen MR) is 79.9 cm³/mol. The van der Waals surface area contributed by atoms with E-state index >= 15 is 0 Å². The van der Waals surface area contributed by atoms with Crippen LogP contribution in [-0.4, -0.2) is 59.5 Å². The molecule has 1 heterocycles. The van der Waals surface area contributed by atoms with Crippen molar-refractivity contribution in [3.63, 3.8) is 0 Å². The Balaban J connectivity index is 2.28. The quantitative estimate of drug-likeness (QED) is 0.721. The van der Waals surface area contributed by atoms with E-state index in [-0.39, 0.29) is 0 Å². The Labute approximate surface area is 138 Å². The van der Waals surface area contributed by atoms with Crippen molar-refractivity contribution in [3.05, 3.63) is 30.3 Å². The predicted octanol–water partition coefficient (Wildman–Crippen LogP) is 0.00690. The third-order valence-corrected chi connectivity index (χ3v) is 3.40. The van der Waals surface area contributed by atoms with Gasteiger partial charge in [-0.15, -0.1) is 0 Å². The highest BCUT2D eigenvalue weighted by atomic mass is 16.7. The van der Waals surface area contributed by atoms with E-state index in [1.54, 1.807) is 30.3 Å². The number of aliphatic hydroxyl groups excluding tert-OH is 2. The van der Waals surface area contributed by atoms with Crippen LogP contribution < -0.4 is 4.74 Å². The van der Waals surface area contributed by atoms with E-state index in [0.29, 0.717) is 5.75 Å². The van der Waals surface area contributed by atoms with Crippen molar-refractivity contribution in [1.82, 2.24) is 0 Å². The van der Waals surface area contributed by atoms with Crippen molar-refractivity contribution in [2.24, 2.45) is 0 Å². The third-order valence-electron chi connectivity index (χ3n) is 3.40. The van der Waals surface area contributed by atoms with Crippen LogP contribution in [0.5, 0.6) is 5.75 Å². The standard InChI is InChI=1S/C16H20O8/c1-9(18)21-14-13(20)12(8-17)24-16(15(14)22-10(2)19)23-11-6-4-3-5-7-11/h3-7,12-17,20H,8H2,1-2H3/t12-,13-,14+,15-,16-/m1/s1. The summed E-state index contributed by atoms with van der Waals surface area (Å²) in [5.41, 5.74) is 0. The fourth-order valence-electron chi connectivity index (χ4n) is 2.41. The van der Waals surface area contributed by atoms with Crippen LogP contribution in [0.15, 0.2) is 30.3 Å². The molecule has 132 valence electrons. The molecule has 0 bridgehead atoms. The van der Waals surface area contributed by atoms with Gasteiger partial charge in [-0.1, -0.05) is 18.2 Å². The van der Waals surface area contributed by atoms with Gasteiger partial charge in [-0.3, -0.25) is 9.59 Å². The Morgan fingerprint density at radius 2 is 1.67 bits per heavy atom. The number of para-hydroxylation sites is 1. The van der Waals surface area contributed by atoms with Crippen LogP contribution in [0, 0.1) is 0 Å². The van der Waals surface area contributed by atoms with E-state index in [9.17, 15) is 19.8 Å². The minimum Gasteiger partial charge on any atom is -0.461 e. The lowest BCUT2D eigenvalue weighted by Crippen LogP contribution is -2.62. The van der Waals surface area contributed by atoms with Gasteiger partial charge in [-0.25, -0.2) is 0 Å². The highest BCUT2D eigenvalue weighted by Gasteiger charge is 2.50. The van der Waals surface area contributed by atoms with Crippen LogP contribution in [0.4, 0.5) is 0 Å². The molecule has 0 aliphatic carbocycles. The van der Waals surface area contributed by atoms with Crippen molar-refractivity contribution >= 4 is 11.9 Å². The number of rotatable bonds is 5. The van der Waals surface area contributed by atoms with Crippen LogP contribution in [-0.2, 0) is 23.8 Å². The third kappa shape index (κ3) is 4.44. The number of ether oxygens (including phenoxy) is 4. The lowest BCUT2D eigenvalue weighted by molar-refractivity contribution is -0.285. The monoisotopic (exact) mass is 340 g/mol. The zero-order valence-corrected chi connectivity index (χ0v) is 13.3. The van der Waals surface area contributed by atoms with E-state index in [0.717, 1.165) is 6.92 Å². The topological polar surface area (TPSA) is 112 Å². The molecule has 0 unspecified atom stereocenters. The Bertz CT molecular complexity index is 560. The van der Waals surface area contributed by atoms with Crippen LogP contribution in [0.1, 0.15) is 13.8 Å². The molecule has 0 radical (unpaired) electrons. The lowest BCUT2D eigenvalue weighted by Gasteiger charge is -2.42. The summed E-state index contributed by atoms with van der Waals surface area (Å²) in [7, 11) is 0. The molecule has 0 spiro atoms. The Morgan fingerprint density at radius 1 is 1.08 bits per heavy atom. The van der Waals surface area contributed by atoms with Crippen molar-refractivity contribution in [1.29, 1.82) is 0 Å². The maximum Gasteiger partial charge on any atom is 0.303 e. The van der Waals surface area contributed by atoms with E-state index in [1.165, 1.54) is 6.92 Å². The number of hydrogen-bond donors (Lipinski definition) is 2. The molecule has 1 fully saturated rings. The number of esters is 2. The van der Waals surface area contributed by atoms with Gasteiger partial charge < -0.3 is 29.2 Å². The van der Waals surface area contributed by atoms with Gasteiger partial charge in [0.1, 0.15) is 18.0 Å². The van der Waals surface area contributed by atoms with E-state index in [2.05, 4.69) is 0 Å². The summed E-state index contributed by atoms with van der Waals surface area (Å²) < 4.78 is 21.4. The number of aliphatic hydroxyl groups is 2. The molecular formula is C16H20O8. The second-order valence-corrected chi connectivity index (χ2v) is 5.30. The van der Waals surface area contributed by atoms with E-state index in [4.69, 9.17) is 18.9 Å². The molecule has 2 N–H and O–H groups in total. The molecule has 1 saturated heterocycles. The molecule has 1 aliphatic heterocycles. The zero-order valence-electron chi connectivity index (χ0n) is 13.3. The molecular weight excluding hydrogens is 320 g/mol. The first kappa shape index (κ1) is 18.2. The van der Waals surface area contributed by atoms with Gasteiger partial charge >= 0.3 is 11.9 Å². The number of carbonyl (C=O) groups is 2. The maximum atomic E-state index is 11.4. The SMILES string of the molecule is CC(=O)O[C@H]1[C@H](Oc2ccccc2)O[C@H](CO)[C@@H](O)[C@@H]1OC(C)=O. The van der Waals surface area contributed by atoms with Gasteiger partial charge in [0, 0.05) is 13.8 Å². The first-order chi connectivity index (χ1) is 11.4. The summed E-state index contributed by atoms with van der Waals surface area (Å²) in [6.07, 6.45) is -6.02. The van der Waals surface area contributed by atoms with Crippen molar-refractivity contribution in [3.8, 4) is 5.75 Å². The smallest absolute Gasteiger partial charge is 0.303 e. The highest BCUT2D eigenvalue weighted by molar-refractivity contribution is 5.67. The van der Waals surface area contributed by atoms with Gasteiger partial charge in [0.2, 0.25) is 12.4 Å². The molecule has 5 atom stereocenters. The van der Waals surface area contributed by atoms with Gasteiger partial charge in [0.15, 0.2) is 6.10 Å². The summed E-state index contributed by atoms with van der Waals surface area (Å²) in [5, 5.41) is 19.6. The van der Waals surface area contributed by atoms with Gasteiger partial charge in [0.25, 0.3) is 0 Å². The molecule has 0 amide bonds. The first-order valence-corrected chi connectivity index (χ1v) is 7.43. The molecule has 1 aliphatic rings. The van der Waals surface area contributed by atoms with Crippen molar-refractivity contribution < 1.29 is 38.7 Å². The van der Waals surface area contributed by atoms with E-state index in [1.807, 2.05) is 0 Å². The molecule has 0 aromatic heterocycles. The van der Waals surface area contributed by atoms with Gasteiger partial charge in [-0.2, -0.15) is 0 Å². The van der Waals surface area contributed by atoms with Crippen LogP contribution in [0.2, 0.25) is 0 Å². The fourth-order valence-corrected chi connectivity index (χ4v) is 2.41. The molecule has 24 heavy (non-hydrogen) atoms. The van der Waals surface area contributed by atoms with Crippen molar-refractivity contribution in [2.45, 2.75) is 44.6 Å². The molecule has 1 aromatic rings. The Morgan fingerprint density at radius 3 is 2.21 bits per heavy atom. The second kappa shape index (κ2) is 8.09. The van der Waals surface area contributed by atoms with Crippen molar-refractivity contribution in [2.75, 3.05) is 6.61 Å². The number of benzene rings is 1. The molecule has 8 heteroatoms. The van der Waals surface area contributed by atoms with Crippen LogP contribution in [0.25, 0.3) is 0 Å². The van der Waals surface area contributed by atoms with Crippen LogP contribution in [0.3, 0.4) is 0 Å². The largest absolute Gasteiger partial charge is 0.461 e. The zero-order chi connectivity index (χ0) is 17.7. The van der Waals surface area contributed by atoms with Crippen LogP contribution >= 0.6 is 0 Å². The second-order valence-electron chi connectivity index (χ2n) is 5.30. The highest BCUT2D eigenvalue weighted by Crippen LogP contribution is 2.28. The lowest BCUT2D eigenvalue weighted by atomic mass is 9.98. The molecule has 0 saturated carbocycles. The average Bonchev–Trinajstić information content (AvgIpc) is 2.53. The molecule has 2 rings (SSSR count). The minimum atomic E-state index is -1.38. The van der Waals surface area contributed by atoms with Gasteiger partial charge in [0.05, 0.1) is 6.61 Å². The number of carbonyl (C=O) groups excluding carboxylic acids is 2. The fraction of sp³-hybridized carbons (Fsp3) is 0.500. The summed E-state index contributed by atoms with van der Waals surface area (Å²) in [6, 6.07) is 8.59. The Kier molecular flexibility index (Phi) is 6.13. The summed E-state index contributed by atoms with van der Waals surface area (Å²) in [4.78, 5) is 22.7. The maximum absolute atomic E-state index is 11.4. The minimum absolute atomic E-state index is 0.425. The normalized spacial score (nSPS) is 29.6. The Hall–Kier alpha value is -2.16. The van der Waals surface area contributed by atoms with Gasteiger partial charge in [-0.05, 0) is 12.1 Å². The summed E-state index contributed by atoms with van der Waals surface area (Å²) >= 11 is 0. The number of hydrogen-bond acceptors (Lipinski definition) is 8. The van der Waals surface area contributed by atoms with E-state index < -0.39 is 49.3 Å².